The van der Waals surface area contributed by atoms with Crippen LogP contribution in [0.1, 0.15) is 42.2 Å². The van der Waals surface area contributed by atoms with E-state index in [2.05, 4.69) is 18.2 Å². The molecule has 106 valence electrons. The standard InChI is InChI=1S/C17H20ClNO/c1-19-15-4-2-11(6-10(15)3-5-16(19)20)17(18)14-8-12-7-13(12)9-14/h2,4,6,12-14,17H,3,5,7-9H2,1H3. The highest BCUT2D eigenvalue weighted by molar-refractivity contribution is 6.21. The van der Waals surface area contributed by atoms with Gasteiger partial charge in [0.15, 0.2) is 0 Å². The molecular formula is C17H20ClNO. The molecule has 1 heterocycles. The van der Waals surface area contributed by atoms with E-state index in [1.165, 1.54) is 30.4 Å². The zero-order chi connectivity index (χ0) is 13.9. The van der Waals surface area contributed by atoms with Crippen molar-refractivity contribution >= 4 is 23.2 Å². The third-order valence-corrected chi connectivity index (χ3v) is 6.07. The Morgan fingerprint density at radius 1 is 1.20 bits per heavy atom. The molecule has 3 aliphatic rings. The van der Waals surface area contributed by atoms with Crippen LogP contribution in [0.2, 0.25) is 0 Å². The lowest BCUT2D eigenvalue weighted by atomic mass is 9.91. The molecular weight excluding hydrogens is 270 g/mol. The molecule has 0 radical (unpaired) electrons. The summed E-state index contributed by atoms with van der Waals surface area (Å²) in [7, 11) is 1.86. The zero-order valence-corrected chi connectivity index (χ0v) is 12.6. The molecule has 0 bridgehead atoms. The highest BCUT2D eigenvalue weighted by Crippen LogP contribution is 2.58. The van der Waals surface area contributed by atoms with Gasteiger partial charge in [-0.15, -0.1) is 11.6 Å². The summed E-state index contributed by atoms with van der Waals surface area (Å²) in [5.41, 5.74) is 3.58. The second kappa shape index (κ2) is 4.49. The van der Waals surface area contributed by atoms with Gasteiger partial charge in [0.25, 0.3) is 0 Å². The first-order valence-electron chi connectivity index (χ1n) is 7.67. The van der Waals surface area contributed by atoms with Crippen LogP contribution in [0.3, 0.4) is 0 Å². The van der Waals surface area contributed by atoms with Crippen molar-refractivity contribution in [1.82, 2.24) is 0 Å². The van der Waals surface area contributed by atoms with Gasteiger partial charge in [0.05, 0.1) is 5.38 Å². The molecule has 0 spiro atoms. The maximum Gasteiger partial charge on any atom is 0.227 e. The molecule has 0 saturated heterocycles. The van der Waals surface area contributed by atoms with E-state index in [0.29, 0.717) is 12.3 Å². The van der Waals surface area contributed by atoms with Gasteiger partial charge >= 0.3 is 0 Å². The van der Waals surface area contributed by atoms with Crippen LogP contribution in [0.4, 0.5) is 5.69 Å². The highest BCUT2D eigenvalue weighted by Gasteiger charge is 2.47. The van der Waals surface area contributed by atoms with E-state index in [1.54, 1.807) is 4.90 Å². The minimum Gasteiger partial charge on any atom is -0.315 e. The number of benzene rings is 1. The number of hydrogen-bond donors (Lipinski definition) is 0. The molecule has 2 nitrogen and oxygen atoms in total. The van der Waals surface area contributed by atoms with E-state index in [0.717, 1.165) is 23.9 Å². The first kappa shape index (κ1) is 12.7. The Hall–Kier alpha value is -1.02. The maximum absolute atomic E-state index is 11.7. The van der Waals surface area contributed by atoms with Crippen molar-refractivity contribution in [2.45, 2.75) is 37.5 Å². The number of hydrogen-bond acceptors (Lipinski definition) is 1. The average Bonchev–Trinajstić information content (AvgIpc) is 3.08. The first-order chi connectivity index (χ1) is 9.63. The average molecular weight is 290 g/mol. The lowest BCUT2D eigenvalue weighted by Gasteiger charge is -2.27. The zero-order valence-electron chi connectivity index (χ0n) is 11.8. The molecule has 1 aromatic carbocycles. The molecule has 0 aromatic heterocycles. The van der Waals surface area contributed by atoms with E-state index < -0.39 is 0 Å². The summed E-state index contributed by atoms with van der Waals surface area (Å²) in [6.45, 7) is 0. The Kier molecular flexibility index (Phi) is 2.85. The van der Waals surface area contributed by atoms with Gasteiger partial charge in [0.1, 0.15) is 0 Å². The van der Waals surface area contributed by atoms with Crippen molar-refractivity contribution in [1.29, 1.82) is 0 Å². The molecule has 1 aromatic rings. The number of alkyl halides is 1. The number of fused-ring (bicyclic) bond motifs is 2. The monoisotopic (exact) mass is 289 g/mol. The number of anilines is 1. The second-order valence-corrected chi connectivity index (χ2v) is 7.20. The summed E-state index contributed by atoms with van der Waals surface area (Å²) in [5.74, 6) is 2.82. The summed E-state index contributed by atoms with van der Waals surface area (Å²) < 4.78 is 0. The number of amides is 1. The summed E-state index contributed by atoms with van der Waals surface area (Å²) in [4.78, 5) is 13.5. The topological polar surface area (TPSA) is 20.3 Å². The minimum absolute atomic E-state index is 0.149. The Morgan fingerprint density at radius 2 is 1.95 bits per heavy atom. The molecule has 3 unspecified atom stereocenters. The van der Waals surface area contributed by atoms with E-state index >= 15 is 0 Å². The highest BCUT2D eigenvalue weighted by atomic mass is 35.5. The fourth-order valence-electron chi connectivity index (χ4n) is 4.12. The Labute approximate surface area is 125 Å². The number of carbonyl (C=O) groups is 1. The molecule has 1 amide bonds. The van der Waals surface area contributed by atoms with E-state index in [-0.39, 0.29) is 11.3 Å². The van der Waals surface area contributed by atoms with Gasteiger partial charge < -0.3 is 4.90 Å². The predicted molar refractivity (Wildman–Crippen MR) is 81.1 cm³/mol. The Balaban J connectivity index is 1.58. The van der Waals surface area contributed by atoms with Crippen LogP contribution in [0.25, 0.3) is 0 Å². The fraction of sp³-hybridized carbons (Fsp3) is 0.588. The van der Waals surface area contributed by atoms with Crippen molar-refractivity contribution in [2.75, 3.05) is 11.9 Å². The number of carbonyl (C=O) groups excluding carboxylic acids is 1. The van der Waals surface area contributed by atoms with Crippen molar-refractivity contribution in [3.8, 4) is 0 Å². The van der Waals surface area contributed by atoms with Gasteiger partial charge in [-0.1, -0.05) is 12.1 Å². The van der Waals surface area contributed by atoms with Crippen LogP contribution < -0.4 is 4.90 Å². The van der Waals surface area contributed by atoms with Gasteiger partial charge in [0.2, 0.25) is 5.91 Å². The van der Waals surface area contributed by atoms with Crippen LogP contribution in [-0.2, 0) is 11.2 Å². The van der Waals surface area contributed by atoms with Crippen molar-refractivity contribution in [2.24, 2.45) is 17.8 Å². The quantitative estimate of drug-likeness (QED) is 0.756. The molecule has 2 aliphatic carbocycles. The molecule has 4 rings (SSSR count). The summed E-state index contributed by atoms with van der Waals surface area (Å²) in [6, 6.07) is 6.43. The molecule has 1 aliphatic heterocycles. The van der Waals surface area contributed by atoms with Gasteiger partial charge in [-0.25, -0.2) is 0 Å². The molecule has 3 heteroatoms. The van der Waals surface area contributed by atoms with Gasteiger partial charge in [-0.3, -0.25) is 4.79 Å². The normalized spacial score (nSPS) is 32.8. The van der Waals surface area contributed by atoms with Gasteiger partial charge in [-0.2, -0.15) is 0 Å². The fourth-order valence-corrected chi connectivity index (χ4v) is 4.46. The molecule has 3 atom stereocenters. The molecule has 2 fully saturated rings. The smallest absolute Gasteiger partial charge is 0.227 e. The van der Waals surface area contributed by atoms with Crippen molar-refractivity contribution in [3.05, 3.63) is 29.3 Å². The second-order valence-electron chi connectivity index (χ2n) is 6.73. The predicted octanol–water partition coefficient (Wildman–Crippen LogP) is 3.92. The van der Waals surface area contributed by atoms with Crippen LogP contribution in [0, 0.1) is 17.8 Å². The van der Waals surface area contributed by atoms with E-state index in [4.69, 9.17) is 11.6 Å². The SMILES string of the molecule is CN1C(=O)CCc2cc(C(Cl)C3CC4CC4C3)ccc21. The van der Waals surface area contributed by atoms with Crippen LogP contribution in [0.5, 0.6) is 0 Å². The van der Waals surface area contributed by atoms with Crippen molar-refractivity contribution < 1.29 is 4.79 Å². The van der Waals surface area contributed by atoms with Crippen LogP contribution in [-0.4, -0.2) is 13.0 Å². The Morgan fingerprint density at radius 3 is 2.70 bits per heavy atom. The van der Waals surface area contributed by atoms with E-state index in [9.17, 15) is 4.79 Å². The third-order valence-electron chi connectivity index (χ3n) is 5.46. The first-order valence-corrected chi connectivity index (χ1v) is 8.10. The number of halogens is 1. The van der Waals surface area contributed by atoms with Crippen LogP contribution in [0.15, 0.2) is 18.2 Å². The summed E-state index contributed by atoms with van der Waals surface area (Å²) in [5, 5.41) is 0.149. The van der Waals surface area contributed by atoms with Gasteiger partial charge in [0, 0.05) is 19.2 Å². The summed E-state index contributed by atoms with van der Waals surface area (Å²) >= 11 is 6.73. The minimum atomic E-state index is 0.149. The molecule has 0 N–H and O–H groups in total. The molecule has 2 saturated carbocycles. The summed E-state index contributed by atoms with van der Waals surface area (Å²) in [6.07, 6.45) is 5.54. The van der Waals surface area contributed by atoms with Crippen molar-refractivity contribution in [3.63, 3.8) is 0 Å². The Bertz CT molecular complexity index is 560. The lowest BCUT2D eigenvalue weighted by molar-refractivity contribution is -0.118. The maximum atomic E-state index is 11.7. The third kappa shape index (κ3) is 1.96. The van der Waals surface area contributed by atoms with Gasteiger partial charge in [-0.05, 0) is 60.6 Å². The van der Waals surface area contributed by atoms with E-state index in [1.807, 2.05) is 7.05 Å². The largest absolute Gasteiger partial charge is 0.315 e. The number of nitrogens with zero attached hydrogens (tertiary/aromatic N) is 1. The number of rotatable bonds is 2. The number of aryl methyl sites for hydroxylation is 1. The molecule has 20 heavy (non-hydrogen) atoms. The van der Waals surface area contributed by atoms with Crippen LogP contribution >= 0.6 is 11.6 Å². The lowest BCUT2D eigenvalue weighted by Crippen LogP contribution is -2.31.